The Bertz CT molecular complexity index is 727. The molecule has 24 heavy (non-hydrogen) atoms. The summed E-state index contributed by atoms with van der Waals surface area (Å²) < 4.78 is 0. The number of hydrogen-bond acceptors (Lipinski definition) is 6. The molecule has 0 unspecified atom stereocenters. The Hall–Kier alpha value is -2.67. The number of amides is 1. The van der Waals surface area contributed by atoms with Gasteiger partial charge in [0, 0.05) is 24.5 Å². The number of nitrogens with two attached hydrogens (primary N) is 1. The summed E-state index contributed by atoms with van der Waals surface area (Å²) in [7, 11) is 0. The van der Waals surface area contributed by atoms with E-state index in [2.05, 4.69) is 25.9 Å². The minimum absolute atomic E-state index is 0.265. The van der Waals surface area contributed by atoms with Crippen molar-refractivity contribution in [1.29, 1.82) is 0 Å². The van der Waals surface area contributed by atoms with E-state index in [4.69, 9.17) is 5.73 Å². The summed E-state index contributed by atoms with van der Waals surface area (Å²) in [6.45, 7) is 3.80. The van der Waals surface area contributed by atoms with Gasteiger partial charge in [-0.3, -0.25) is 4.79 Å². The van der Waals surface area contributed by atoms with Crippen LogP contribution in [0.5, 0.6) is 0 Å². The van der Waals surface area contributed by atoms with Crippen molar-refractivity contribution in [3.05, 3.63) is 41.6 Å². The zero-order valence-corrected chi connectivity index (χ0v) is 13.7. The Morgan fingerprint density at radius 2 is 2.33 bits per heavy atom. The lowest BCUT2D eigenvalue weighted by Gasteiger charge is -2.14. The molecule has 1 saturated heterocycles. The van der Waals surface area contributed by atoms with Crippen LogP contribution in [0.25, 0.3) is 0 Å². The molecule has 126 valence electrons. The smallest absolute Gasteiger partial charge is 0.254 e. The highest BCUT2D eigenvalue weighted by atomic mass is 16.1. The molecule has 1 fully saturated rings. The number of carbonyl (C=O) groups excluding carboxylic acids is 1. The van der Waals surface area contributed by atoms with Crippen LogP contribution in [0, 0.1) is 6.92 Å². The fourth-order valence-electron chi connectivity index (χ4n) is 2.75. The number of rotatable bonds is 6. The van der Waals surface area contributed by atoms with Gasteiger partial charge in [-0.25, -0.2) is 4.98 Å². The van der Waals surface area contributed by atoms with E-state index in [9.17, 15) is 4.79 Å². The van der Waals surface area contributed by atoms with Gasteiger partial charge in [-0.1, -0.05) is 12.1 Å². The maximum absolute atomic E-state index is 11.6. The van der Waals surface area contributed by atoms with Gasteiger partial charge in [0.05, 0.1) is 0 Å². The number of primary amides is 1. The summed E-state index contributed by atoms with van der Waals surface area (Å²) >= 11 is 0. The number of aryl methyl sites for hydroxylation is 1. The zero-order chi connectivity index (χ0) is 16.9. The van der Waals surface area contributed by atoms with E-state index < -0.39 is 5.91 Å². The molecule has 7 heteroatoms. The summed E-state index contributed by atoms with van der Waals surface area (Å²) in [5.74, 6) is 0.322. The van der Waals surface area contributed by atoms with E-state index >= 15 is 0 Å². The molecule has 1 aromatic carbocycles. The SMILES string of the molecule is Cc1cccc(Nc2nc(NC[C@@H]3CCCN3)ncc2C(N)=O)c1. The largest absolute Gasteiger partial charge is 0.365 e. The van der Waals surface area contributed by atoms with E-state index in [-0.39, 0.29) is 5.56 Å². The highest BCUT2D eigenvalue weighted by Crippen LogP contribution is 2.20. The minimum Gasteiger partial charge on any atom is -0.365 e. The predicted octanol–water partition coefficient (Wildman–Crippen LogP) is 1.79. The van der Waals surface area contributed by atoms with Crippen molar-refractivity contribution < 1.29 is 4.79 Å². The maximum atomic E-state index is 11.6. The number of anilines is 3. The average molecular weight is 326 g/mol. The molecular weight excluding hydrogens is 304 g/mol. The first kappa shape index (κ1) is 16.2. The summed E-state index contributed by atoms with van der Waals surface area (Å²) in [6.07, 6.45) is 3.78. The van der Waals surface area contributed by atoms with Crippen LogP contribution < -0.4 is 21.7 Å². The molecule has 1 aliphatic heterocycles. The lowest BCUT2D eigenvalue weighted by atomic mass is 10.2. The van der Waals surface area contributed by atoms with Crippen molar-refractivity contribution in [3.63, 3.8) is 0 Å². The molecule has 1 atom stereocenters. The second-order valence-corrected chi connectivity index (χ2v) is 5.99. The third kappa shape index (κ3) is 3.99. The van der Waals surface area contributed by atoms with Crippen molar-refractivity contribution in [2.75, 3.05) is 23.7 Å². The van der Waals surface area contributed by atoms with Gasteiger partial charge in [0.2, 0.25) is 5.95 Å². The monoisotopic (exact) mass is 326 g/mol. The molecule has 0 bridgehead atoms. The van der Waals surface area contributed by atoms with E-state index in [0.29, 0.717) is 17.8 Å². The fourth-order valence-corrected chi connectivity index (χ4v) is 2.75. The Kier molecular flexibility index (Phi) is 4.90. The van der Waals surface area contributed by atoms with E-state index in [1.807, 2.05) is 31.2 Å². The van der Waals surface area contributed by atoms with Crippen molar-refractivity contribution >= 4 is 23.4 Å². The molecule has 1 aromatic heterocycles. The molecular formula is C17H22N6O. The van der Waals surface area contributed by atoms with Crippen LogP contribution in [-0.4, -0.2) is 35.0 Å². The number of nitrogens with zero attached hydrogens (tertiary/aromatic N) is 2. The van der Waals surface area contributed by atoms with Crippen molar-refractivity contribution in [1.82, 2.24) is 15.3 Å². The second-order valence-electron chi connectivity index (χ2n) is 5.99. The van der Waals surface area contributed by atoms with Gasteiger partial charge in [0.15, 0.2) is 0 Å². The highest BCUT2D eigenvalue weighted by Gasteiger charge is 2.16. The molecule has 0 radical (unpaired) electrons. The third-order valence-electron chi connectivity index (χ3n) is 4.00. The van der Waals surface area contributed by atoms with Crippen LogP contribution in [-0.2, 0) is 0 Å². The van der Waals surface area contributed by atoms with E-state index in [0.717, 1.165) is 30.8 Å². The van der Waals surface area contributed by atoms with Crippen molar-refractivity contribution in [3.8, 4) is 0 Å². The number of benzene rings is 1. The second kappa shape index (κ2) is 7.27. The Morgan fingerprint density at radius 3 is 3.04 bits per heavy atom. The number of aromatic nitrogens is 2. The van der Waals surface area contributed by atoms with Gasteiger partial charge in [0.1, 0.15) is 11.4 Å². The molecule has 2 aromatic rings. The lowest BCUT2D eigenvalue weighted by Crippen LogP contribution is -2.30. The molecule has 1 aliphatic rings. The number of carbonyl (C=O) groups is 1. The normalized spacial score (nSPS) is 16.8. The quantitative estimate of drug-likeness (QED) is 0.645. The Labute approximate surface area is 141 Å². The van der Waals surface area contributed by atoms with Crippen LogP contribution in [0.15, 0.2) is 30.5 Å². The summed E-state index contributed by atoms with van der Waals surface area (Å²) in [5, 5.41) is 9.78. The summed E-state index contributed by atoms with van der Waals surface area (Å²) in [6, 6.07) is 8.26. The van der Waals surface area contributed by atoms with E-state index in [1.54, 1.807) is 0 Å². The number of nitrogens with one attached hydrogen (secondary N) is 3. The van der Waals surface area contributed by atoms with Gasteiger partial charge in [-0.2, -0.15) is 4.98 Å². The van der Waals surface area contributed by atoms with E-state index in [1.165, 1.54) is 12.6 Å². The molecule has 0 saturated carbocycles. The first-order valence-electron chi connectivity index (χ1n) is 8.09. The van der Waals surface area contributed by atoms with Gasteiger partial charge in [-0.05, 0) is 44.0 Å². The molecule has 2 heterocycles. The molecule has 0 aliphatic carbocycles. The topological polar surface area (TPSA) is 105 Å². The molecule has 3 rings (SSSR count). The lowest BCUT2D eigenvalue weighted by molar-refractivity contribution is 0.100. The first-order valence-corrected chi connectivity index (χ1v) is 8.09. The van der Waals surface area contributed by atoms with Crippen LogP contribution >= 0.6 is 0 Å². The summed E-state index contributed by atoms with van der Waals surface area (Å²) in [4.78, 5) is 20.2. The van der Waals surface area contributed by atoms with Crippen LogP contribution in [0.4, 0.5) is 17.5 Å². The summed E-state index contributed by atoms with van der Waals surface area (Å²) in [5.41, 5.74) is 7.66. The predicted molar refractivity (Wildman–Crippen MR) is 94.5 cm³/mol. The van der Waals surface area contributed by atoms with Gasteiger partial charge in [0.25, 0.3) is 5.91 Å². The average Bonchev–Trinajstić information content (AvgIpc) is 3.06. The minimum atomic E-state index is -0.561. The molecule has 5 N–H and O–H groups in total. The highest BCUT2D eigenvalue weighted by molar-refractivity contribution is 5.98. The van der Waals surface area contributed by atoms with Gasteiger partial charge < -0.3 is 21.7 Å². The van der Waals surface area contributed by atoms with Crippen LogP contribution in [0.3, 0.4) is 0 Å². The van der Waals surface area contributed by atoms with Gasteiger partial charge in [-0.15, -0.1) is 0 Å². The Balaban J connectivity index is 1.78. The Morgan fingerprint density at radius 1 is 1.46 bits per heavy atom. The van der Waals surface area contributed by atoms with Crippen LogP contribution in [0.1, 0.15) is 28.8 Å². The molecule has 0 spiro atoms. The third-order valence-corrected chi connectivity index (χ3v) is 4.00. The van der Waals surface area contributed by atoms with Crippen molar-refractivity contribution in [2.24, 2.45) is 5.73 Å². The molecule has 7 nitrogen and oxygen atoms in total. The standard InChI is InChI=1S/C17H22N6O/c1-11-4-2-5-12(8-11)22-16-14(15(18)24)10-21-17(23-16)20-9-13-6-3-7-19-13/h2,4-5,8,10,13,19H,3,6-7,9H2,1H3,(H2,18,24)(H2,20,21,22,23)/t13-/m0/s1. The van der Waals surface area contributed by atoms with Gasteiger partial charge >= 0.3 is 0 Å². The van der Waals surface area contributed by atoms with Crippen molar-refractivity contribution in [2.45, 2.75) is 25.8 Å². The zero-order valence-electron chi connectivity index (χ0n) is 13.7. The fraction of sp³-hybridized carbons (Fsp3) is 0.353. The maximum Gasteiger partial charge on any atom is 0.254 e. The number of hydrogen-bond donors (Lipinski definition) is 4. The van der Waals surface area contributed by atoms with Crippen LogP contribution in [0.2, 0.25) is 0 Å². The first-order chi connectivity index (χ1) is 11.6. The molecule has 1 amide bonds.